The highest BCUT2D eigenvalue weighted by Crippen LogP contribution is 2.31. The lowest BCUT2D eigenvalue weighted by molar-refractivity contribution is -0.135. The summed E-state index contributed by atoms with van der Waals surface area (Å²) in [6.07, 6.45) is 1.58. The molecule has 0 aliphatic carbocycles. The molecule has 0 saturated carbocycles. The Balaban J connectivity index is 1.73. The number of nitrogens with zero attached hydrogens (tertiary/aromatic N) is 3. The van der Waals surface area contributed by atoms with E-state index in [9.17, 15) is 18.0 Å². The Morgan fingerprint density at radius 2 is 2.00 bits per heavy atom. The van der Waals surface area contributed by atoms with Gasteiger partial charge in [-0.1, -0.05) is 0 Å². The van der Waals surface area contributed by atoms with Crippen molar-refractivity contribution in [3.63, 3.8) is 0 Å². The van der Waals surface area contributed by atoms with E-state index in [1.165, 1.54) is 4.90 Å². The number of rotatable bonds is 3. The standard InChI is InChI=1S/C11H18N4O6S/c12-7-3-4-13(5-7)10(16)9-2-1-8-6-14(9)11(17)15(8)21-22(18,19)20/h7-9H,1-6,12H2,(H,18,19,20)/t7-,8?,9?/m0/s1. The van der Waals surface area contributed by atoms with Gasteiger partial charge in [-0.2, -0.15) is 13.5 Å². The Morgan fingerprint density at radius 3 is 2.59 bits per heavy atom. The van der Waals surface area contributed by atoms with E-state index in [-0.39, 0.29) is 18.5 Å². The number of nitrogens with two attached hydrogens (primary N) is 1. The Bertz CT molecular complexity index is 595. The lowest BCUT2D eigenvalue weighted by Crippen LogP contribution is -2.51. The molecule has 11 heteroatoms. The molecular weight excluding hydrogens is 316 g/mol. The predicted molar refractivity (Wildman–Crippen MR) is 72.6 cm³/mol. The summed E-state index contributed by atoms with van der Waals surface area (Å²) < 4.78 is 34.7. The van der Waals surface area contributed by atoms with Crippen molar-refractivity contribution in [2.75, 3.05) is 19.6 Å². The lowest BCUT2D eigenvalue weighted by Gasteiger charge is -2.32. The molecule has 0 aromatic heterocycles. The number of fused-ring (bicyclic) bond motifs is 2. The van der Waals surface area contributed by atoms with Crippen molar-refractivity contribution in [1.82, 2.24) is 14.9 Å². The summed E-state index contributed by atoms with van der Waals surface area (Å²) in [6, 6.07) is -1.89. The summed E-state index contributed by atoms with van der Waals surface area (Å²) in [5.41, 5.74) is 5.79. The van der Waals surface area contributed by atoms with Gasteiger partial charge in [0.25, 0.3) is 0 Å². The van der Waals surface area contributed by atoms with E-state index in [2.05, 4.69) is 4.28 Å². The Labute approximate surface area is 127 Å². The second-order valence-corrected chi connectivity index (χ2v) is 6.85. The van der Waals surface area contributed by atoms with E-state index in [1.54, 1.807) is 4.90 Å². The zero-order valence-corrected chi connectivity index (χ0v) is 12.6. The fourth-order valence-corrected chi connectivity index (χ4v) is 3.67. The largest absolute Gasteiger partial charge is 0.418 e. The normalized spacial score (nSPS) is 32.0. The molecule has 3 fully saturated rings. The van der Waals surface area contributed by atoms with Crippen LogP contribution in [0.25, 0.3) is 0 Å². The first-order valence-corrected chi connectivity index (χ1v) is 8.44. The van der Waals surface area contributed by atoms with E-state index in [1.807, 2.05) is 0 Å². The van der Waals surface area contributed by atoms with Crippen LogP contribution in [0.4, 0.5) is 4.79 Å². The third-order valence-corrected chi connectivity index (χ3v) is 4.67. The number of amides is 3. The number of piperidine rings is 1. The predicted octanol–water partition coefficient (Wildman–Crippen LogP) is -1.45. The van der Waals surface area contributed by atoms with E-state index >= 15 is 0 Å². The topological polar surface area (TPSA) is 133 Å². The minimum Gasteiger partial charge on any atom is -0.339 e. The maximum Gasteiger partial charge on any atom is 0.418 e. The van der Waals surface area contributed by atoms with E-state index in [0.717, 1.165) is 6.42 Å². The SMILES string of the molecule is N[C@H]1CCN(C(=O)C2CCC3CN2C(=O)N3OS(=O)(=O)O)C1. The molecule has 0 aromatic carbocycles. The Hall–Kier alpha value is -1.43. The van der Waals surface area contributed by atoms with Gasteiger partial charge < -0.3 is 15.5 Å². The number of hydrogen-bond acceptors (Lipinski definition) is 6. The van der Waals surface area contributed by atoms with Gasteiger partial charge >= 0.3 is 16.4 Å². The number of carbonyl (C=O) groups is 2. The fourth-order valence-electron chi connectivity index (χ4n) is 3.29. The van der Waals surface area contributed by atoms with Crippen molar-refractivity contribution >= 4 is 22.3 Å². The summed E-state index contributed by atoms with van der Waals surface area (Å²) in [5, 5.41) is 0.637. The van der Waals surface area contributed by atoms with Crippen LogP contribution in [-0.4, -0.2) is 77.5 Å². The maximum absolute atomic E-state index is 12.5. The highest BCUT2D eigenvalue weighted by atomic mass is 32.3. The van der Waals surface area contributed by atoms with Crippen LogP contribution in [0, 0.1) is 0 Å². The number of likely N-dealkylation sites (tertiary alicyclic amines) is 1. The minimum atomic E-state index is -4.77. The molecule has 3 aliphatic rings. The van der Waals surface area contributed by atoms with Gasteiger partial charge in [-0.3, -0.25) is 9.35 Å². The van der Waals surface area contributed by atoms with Gasteiger partial charge in [-0.25, -0.2) is 4.79 Å². The molecule has 3 atom stereocenters. The van der Waals surface area contributed by atoms with Gasteiger partial charge in [0, 0.05) is 25.7 Å². The molecule has 2 bridgehead atoms. The first-order chi connectivity index (χ1) is 10.3. The molecule has 3 amide bonds. The van der Waals surface area contributed by atoms with Crippen LogP contribution in [0.1, 0.15) is 19.3 Å². The van der Waals surface area contributed by atoms with Crippen molar-refractivity contribution in [2.45, 2.75) is 37.4 Å². The number of carbonyl (C=O) groups excluding carboxylic acids is 2. The summed E-state index contributed by atoms with van der Waals surface area (Å²) in [6.45, 7) is 1.23. The van der Waals surface area contributed by atoms with Gasteiger partial charge in [-0.15, -0.1) is 4.28 Å². The molecule has 2 unspecified atom stereocenters. The zero-order chi connectivity index (χ0) is 16.1. The molecule has 124 valence electrons. The third kappa shape index (κ3) is 2.76. The smallest absolute Gasteiger partial charge is 0.339 e. The second-order valence-electron chi connectivity index (χ2n) is 5.84. The van der Waals surface area contributed by atoms with E-state index < -0.39 is 28.5 Å². The van der Waals surface area contributed by atoms with Gasteiger partial charge in [0.1, 0.15) is 6.04 Å². The van der Waals surface area contributed by atoms with Crippen molar-refractivity contribution in [3.05, 3.63) is 0 Å². The van der Waals surface area contributed by atoms with Crippen molar-refractivity contribution in [3.8, 4) is 0 Å². The summed E-state index contributed by atoms with van der Waals surface area (Å²) >= 11 is 0. The fraction of sp³-hybridized carbons (Fsp3) is 0.818. The molecule has 0 spiro atoms. The second kappa shape index (κ2) is 5.33. The molecule has 3 aliphatic heterocycles. The maximum atomic E-state index is 12.5. The number of urea groups is 1. The van der Waals surface area contributed by atoms with Crippen LogP contribution in [-0.2, 0) is 19.5 Å². The van der Waals surface area contributed by atoms with E-state index in [0.29, 0.717) is 31.0 Å². The van der Waals surface area contributed by atoms with Gasteiger partial charge in [0.15, 0.2) is 0 Å². The molecule has 0 radical (unpaired) electrons. The highest BCUT2D eigenvalue weighted by molar-refractivity contribution is 7.80. The summed E-state index contributed by atoms with van der Waals surface area (Å²) in [7, 11) is -4.77. The van der Waals surface area contributed by atoms with Crippen LogP contribution in [0.5, 0.6) is 0 Å². The van der Waals surface area contributed by atoms with Crippen LogP contribution < -0.4 is 5.73 Å². The third-order valence-electron chi connectivity index (χ3n) is 4.32. The zero-order valence-electron chi connectivity index (χ0n) is 11.8. The summed E-state index contributed by atoms with van der Waals surface area (Å²) in [4.78, 5) is 27.7. The Kier molecular flexibility index (Phi) is 3.75. The molecule has 3 rings (SSSR count). The Morgan fingerprint density at radius 1 is 1.27 bits per heavy atom. The average Bonchev–Trinajstić information content (AvgIpc) is 2.96. The van der Waals surface area contributed by atoms with Crippen LogP contribution >= 0.6 is 0 Å². The molecule has 0 aromatic rings. The van der Waals surface area contributed by atoms with Gasteiger partial charge in [0.2, 0.25) is 5.91 Å². The molecular formula is C11H18N4O6S. The minimum absolute atomic E-state index is 0.0473. The molecule has 10 nitrogen and oxygen atoms in total. The lowest BCUT2D eigenvalue weighted by atomic mass is 10.00. The van der Waals surface area contributed by atoms with E-state index in [4.69, 9.17) is 10.3 Å². The van der Waals surface area contributed by atoms with Crippen LogP contribution in [0.15, 0.2) is 0 Å². The van der Waals surface area contributed by atoms with Crippen LogP contribution in [0.3, 0.4) is 0 Å². The van der Waals surface area contributed by atoms with Crippen molar-refractivity contribution in [2.24, 2.45) is 5.73 Å². The molecule has 3 heterocycles. The van der Waals surface area contributed by atoms with Gasteiger partial charge in [0.05, 0.1) is 6.04 Å². The molecule has 3 saturated heterocycles. The highest BCUT2D eigenvalue weighted by Gasteiger charge is 2.50. The monoisotopic (exact) mass is 334 g/mol. The van der Waals surface area contributed by atoms with Crippen molar-refractivity contribution < 1.29 is 26.8 Å². The van der Waals surface area contributed by atoms with Crippen LogP contribution in [0.2, 0.25) is 0 Å². The quantitative estimate of drug-likeness (QED) is 0.603. The average molecular weight is 334 g/mol. The number of hydroxylamine groups is 2. The molecule has 3 N–H and O–H groups in total. The first-order valence-electron chi connectivity index (χ1n) is 7.07. The molecule has 22 heavy (non-hydrogen) atoms. The van der Waals surface area contributed by atoms with Gasteiger partial charge in [-0.05, 0) is 19.3 Å². The summed E-state index contributed by atoms with van der Waals surface area (Å²) in [5.74, 6) is -0.173. The number of hydrogen-bond donors (Lipinski definition) is 2. The first kappa shape index (κ1) is 15.5. The van der Waals surface area contributed by atoms with Crippen molar-refractivity contribution in [1.29, 1.82) is 0 Å².